The summed E-state index contributed by atoms with van der Waals surface area (Å²) in [4.78, 5) is 12.1. The number of halogens is 2. The first-order valence-electron chi connectivity index (χ1n) is 6.46. The third-order valence-corrected chi connectivity index (χ3v) is 2.98. The molecule has 0 N–H and O–H groups in total. The molecule has 0 aliphatic heterocycles. The van der Waals surface area contributed by atoms with Crippen molar-refractivity contribution < 1.29 is 14.6 Å². The summed E-state index contributed by atoms with van der Waals surface area (Å²) in [6, 6.07) is 7.37. The molecular formula is C16H10F2O2. The number of hydrogen-bond donors (Lipinski definition) is 0. The van der Waals surface area contributed by atoms with E-state index in [2.05, 4.69) is 0 Å². The average molecular weight is 273 g/mol. The van der Waals surface area contributed by atoms with Gasteiger partial charge in [0.15, 0.2) is 5.43 Å². The van der Waals surface area contributed by atoms with E-state index in [0.717, 1.165) is 23.8 Å². The smallest absolute Gasteiger partial charge is 0.193 e. The first kappa shape index (κ1) is 11.3. The summed E-state index contributed by atoms with van der Waals surface area (Å²) >= 11 is 0. The van der Waals surface area contributed by atoms with Crippen molar-refractivity contribution >= 4 is 11.0 Å². The van der Waals surface area contributed by atoms with Crippen LogP contribution >= 0.6 is 0 Å². The molecule has 3 rings (SSSR count). The molecule has 0 bridgehead atoms. The van der Waals surface area contributed by atoms with Crippen LogP contribution in [0.25, 0.3) is 22.3 Å². The fourth-order valence-corrected chi connectivity index (χ4v) is 2.02. The molecule has 20 heavy (non-hydrogen) atoms. The van der Waals surface area contributed by atoms with Gasteiger partial charge in [0, 0.05) is 12.1 Å². The van der Waals surface area contributed by atoms with Gasteiger partial charge in [0.05, 0.1) is 12.3 Å². The van der Waals surface area contributed by atoms with Crippen molar-refractivity contribution in [3.8, 4) is 11.3 Å². The first-order chi connectivity index (χ1) is 9.95. The van der Waals surface area contributed by atoms with Crippen LogP contribution in [0.2, 0.25) is 0 Å². The molecule has 0 atom stereocenters. The monoisotopic (exact) mass is 273 g/mol. The maximum atomic E-state index is 13.8. The highest BCUT2D eigenvalue weighted by molar-refractivity contribution is 5.79. The van der Waals surface area contributed by atoms with E-state index in [4.69, 9.17) is 5.79 Å². The van der Waals surface area contributed by atoms with Crippen LogP contribution in [0.4, 0.5) is 8.78 Å². The van der Waals surface area contributed by atoms with E-state index in [1.54, 1.807) is 19.1 Å². The standard InChI is InChI=1S/C16H10F2O2/c1-9-2-5-15-12(6-9)14(19)8-16(20-15)11-4-3-10(17)7-13(11)18/h2-8H,1H3/i5D. The van der Waals surface area contributed by atoms with Crippen LogP contribution in [0.3, 0.4) is 0 Å². The van der Waals surface area contributed by atoms with Crippen molar-refractivity contribution in [3.05, 3.63) is 69.9 Å². The van der Waals surface area contributed by atoms with Gasteiger partial charge in [-0.05, 0) is 31.2 Å². The van der Waals surface area contributed by atoms with E-state index in [0.29, 0.717) is 0 Å². The van der Waals surface area contributed by atoms with Gasteiger partial charge in [0.25, 0.3) is 0 Å². The van der Waals surface area contributed by atoms with Crippen LogP contribution in [0, 0.1) is 18.6 Å². The van der Waals surface area contributed by atoms with Crippen molar-refractivity contribution in [2.24, 2.45) is 0 Å². The second-order valence-corrected chi connectivity index (χ2v) is 4.52. The third-order valence-electron chi connectivity index (χ3n) is 2.98. The maximum Gasteiger partial charge on any atom is 0.193 e. The molecule has 0 unspecified atom stereocenters. The van der Waals surface area contributed by atoms with Gasteiger partial charge in [0.2, 0.25) is 0 Å². The van der Waals surface area contributed by atoms with E-state index in [1.165, 1.54) is 6.07 Å². The van der Waals surface area contributed by atoms with Crippen LogP contribution in [0.15, 0.2) is 51.7 Å². The highest BCUT2D eigenvalue weighted by atomic mass is 19.1. The Balaban J connectivity index is 2.33. The SMILES string of the molecule is [2H]c1cc(C)cc2c(=O)cc(-c3ccc(F)cc3F)oc12. The molecule has 3 aromatic rings. The highest BCUT2D eigenvalue weighted by Crippen LogP contribution is 2.25. The lowest BCUT2D eigenvalue weighted by Gasteiger charge is -2.05. The molecule has 0 fully saturated rings. The fraction of sp³-hybridized carbons (Fsp3) is 0.0625. The van der Waals surface area contributed by atoms with Gasteiger partial charge in [-0.2, -0.15) is 0 Å². The van der Waals surface area contributed by atoms with Gasteiger partial charge in [-0.3, -0.25) is 4.79 Å². The van der Waals surface area contributed by atoms with Crippen molar-refractivity contribution in [1.82, 2.24) is 0 Å². The van der Waals surface area contributed by atoms with E-state index in [1.807, 2.05) is 0 Å². The molecule has 0 spiro atoms. The molecule has 0 radical (unpaired) electrons. The topological polar surface area (TPSA) is 30.2 Å². The van der Waals surface area contributed by atoms with Crippen molar-refractivity contribution in [3.63, 3.8) is 0 Å². The van der Waals surface area contributed by atoms with Crippen molar-refractivity contribution in [2.75, 3.05) is 0 Å². The Hall–Kier alpha value is -2.49. The predicted octanol–water partition coefficient (Wildman–Crippen LogP) is 4.05. The highest BCUT2D eigenvalue weighted by Gasteiger charge is 2.11. The molecule has 0 saturated heterocycles. The average Bonchev–Trinajstić information content (AvgIpc) is 2.40. The largest absolute Gasteiger partial charge is 0.456 e. The zero-order valence-electron chi connectivity index (χ0n) is 11.5. The normalized spacial score (nSPS) is 11.7. The van der Waals surface area contributed by atoms with E-state index < -0.39 is 11.6 Å². The van der Waals surface area contributed by atoms with Crippen LogP contribution < -0.4 is 5.43 Å². The van der Waals surface area contributed by atoms with Crippen molar-refractivity contribution in [1.29, 1.82) is 0 Å². The zero-order chi connectivity index (χ0) is 15.1. The Morgan fingerprint density at radius 1 is 1.15 bits per heavy atom. The molecule has 4 heteroatoms. The van der Waals surface area contributed by atoms with E-state index in [-0.39, 0.29) is 33.8 Å². The Labute approximate surface area is 114 Å². The minimum absolute atomic E-state index is 0.0182. The Bertz CT molecular complexity index is 916. The molecule has 2 nitrogen and oxygen atoms in total. The van der Waals surface area contributed by atoms with Crippen LogP contribution in [0.5, 0.6) is 0 Å². The summed E-state index contributed by atoms with van der Waals surface area (Å²) in [6.45, 7) is 1.77. The van der Waals surface area contributed by atoms with Gasteiger partial charge >= 0.3 is 0 Å². The fourth-order valence-electron chi connectivity index (χ4n) is 2.02. The lowest BCUT2D eigenvalue weighted by Crippen LogP contribution is -2.01. The minimum Gasteiger partial charge on any atom is -0.456 e. The first-order valence-corrected chi connectivity index (χ1v) is 5.96. The Morgan fingerprint density at radius 3 is 2.70 bits per heavy atom. The molecule has 100 valence electrons. The summed E-state index contributed by atoms with van der Waals surface area (Å²) in [7, 11) is 0. The molecule has 1 heterocycles. The van der Waals surface area contributed by atoms with Crippen LogP contribution in [-0.4, -0.2) is 0 Å². The minimum atomic E-state index is -0.823. The van der Waals surface area contributed by atoms with Gasteiger partial charge in [-0.25, -0.2) is 8.78 Å². The number of rotatable bonds is 1. The van der Waals surface area contributed by atoms with E-state index in [9.17, 15) is 13.6 Å². The third kappa shape index (κ3) is 2.09. The van der Waals surface area contributed by atoms with Crippen LogP contribution in [0.1, 0.15) is 6.93 Å². The molecule has 0 saturated carbocycles. The number of fused-ring (bicyclic) bond motifs is 1. The lowest BCUT2D eigenvalue weighted by atomic mass is 10.1. The molecule has 1 aromatic heterocycles. The summed E-state index contributed by atoms with van der Waals surface area (Å²) in [6.07, 6.45) is 0. The molecular weight excluding hydrogens is 262 g/mol. The molecule has 0 aliphatic carbocycles. The van der Waals surface area contributed by atoms with Gasteiger partial charge in [-0.1, -0.05) is 11.6 Å². The second kappa shape index (κ2) is 4.56. The second-order valence-electron chi connectivity index (χ2n) is 4.52. The molecule has 0 amide bonds. The summed E-state index contributed by atoms with van der Waals surface area (Å²) < 4.78 is 40.1. The lowest BCUT2D eigenvalue weighted by molar-refractivity contribution is 0.572. The predicted molar refractivity (Wildman–Crippen MR) is 72.6 cm³/mol. The van der Waals surface area contributed by atoms with E-state index >= 15 is 0 Å². The molecule has 2 aromatic carbocycles. The van der Waals surface area contributed by atoms with Crippen LogP contribution in [-0.2, 0) is 0 Å². The van der Waals surface area contributed by atoms with Crippen molar-refractivity contribution in [2.45, 2.75) is 6.92 Å². The summed E-state index contributed by atoms with van der Waals surface area (Å²) in [5.74, 6) is -1.56. The Morgan fingerprint density at radius 2 is 1.95 bits per heavy atom. The van der Waals surface area contributed by atoms with Gasteiger partial charge in [-0.15, -0.1) is 0 Å². The summed E-state index contributed by atoms with van der Waals surface area (Å²) in [5, 5.41) is 0.270. The van der Waals surface area contributed by atoms with Gasteiger partial charge in [0.1, 0.15) is 23.0 Å². The Kier molecular flexibility index (Phi) is 2.59. The summed E-state index contributed by atoms with van der Waals surface area (Å²) in [5.41, 5.74) is 0.467. The molecule has 0 aliphatic rings. The number of benzene rings is 2. The zero-order valence-corrected chi connectivity index (χ0v) is 10.5. The number of hydrogen-bond acceptors (Lipinski definition) is 2. The quantitative estimate of drug-likeness (QED) is 0.669. The number of aryl methyl sites for hydroxylation is 1. The maximum absolute atomic E-state index is 13.8. The van der Waals surface area contributed by atoms with Gasteiger partial charge < -0.3 is 4.42 Å².